The van der Waals surface area contributed by atoms with Crippen LogP contribution in [0.1, 0.15) is 6.92 Å². The summed E-state index contributed by atoms with van der Waals surface area (Å²) < 4.78 is 20.7. The molecule has 0 spiro atoms. The van der Waals surface area contributed by atoms with Gasteiger partial charge in [0, 0.05) is 6.07 Å². The fourth-order valence-electron chi connectivity index (χ4n) is 2.50. The Balaban J connectivity index is 2.31. The van der Waals surface area contributed by atoms with Crippen molar-refractivity contribution >= 4 is 34.7 Å². The number of carbonyl (C=O) groups is 2. The molecule has 2 aromatic carbocycles. The quantitative estimate of drug-likeness (QED) is 0.470. The topological polar surface area (TPSA) is 108 Å². The highest BCUT2D eigenvalue weighted by Gasteiger charge is 2.25. The normalized spacial score (nSPS) is 11.7. The third-order valence-electron chi connectivity index (χ3n) is 4.04. The predicted octanol–water partition coefficient (Wildman–Crippen LogP) is 4.05. The fourth-order valence-corrected chi connectivity index (χ4v) is 2.78. The van der Waals surface area contributed by atoms with Gasteiger partial charge in [0.25, 0.3) is 5.91 Å². The van der Waals surface area contributed by atoms with Crippen LogP contribution < -0.4 is 24.3 Å². The van der Waals surface area contributed by atoms with Crippen LogP contribution >= 0.6 is 11.6 Å². The molecule has 1 amide bonds. The number of methoxy groups -OCH3 is 4. The highest BCUT2D eigenvalue weighted by molar-refractivity contribution is 6.35. The molecule has 10 heteroatoms. The molecular formula is C20H22ClN3O6. The molecule has 1 unspecified atom stereocenters. The van der Waals surface area contributed by atoms with E-state index in [2.05, 4.69) is 15.5 Å². The maximum Gasteiger partial charge on any atom is 0.258 e. The van der Waals surface area contributed by atoms with Crippen molar-refractivity contribution in [1.82, 2.24) is 0 Å². The summed E-state index contributed by atoms with van der Waals surface area (Å²) in [6.45, 7) is 1.24. The molecule has 0 aliphatic heterocycles. The van der Waals surface area contributed by atoms with Gasteiger partial charge in [-0.25, -0.2) is 0 Å². The minimum atomic E-state index is -1.40. The molecule has 30 heavy (non-hydrogen) atoms. The number of nitrogens with one attached hydrogen (secondary N) is 1. The number of hydrogen-bond acceptors (Lipinski definition) is 8. The van der Waals surface area contributed by atoms with Crippen molar-refractivity contribution < 1.29 is 28.5 Å². The van der Waals surface area contributed by atoms with E-state index in [4.69, 9.17) is 30.5 Å². The van der Waals surface area contributed by atoms with Crippen LogP contribution in [0.15, 0.2) is 40.6 Å². The fraction of sp³-hybridized carbons (Fsp3) is 0.300. The Morgan fingerprint density at radius 3 is 2.20 bits per heavy atom. The predicted molar refractivity (Wildman–Crippen MR) is 112 cm³/mol. The Hall–Kier alpha value is -3.33. The largest absolute Gasteiger partial charge is 0.497 e. The van der Waals surface area contributed by atoms with Crippen LogP contribution in [0, 0.1) is 0 Å². The van der Waals surface area contributed by atoms with Crippen molar-refractivity contribution in [2.75, 3.05) is 33.8 Å². The number of azo groups is 1. The van der Waals surface area contributed by atoms with E-state index < -0.39 is 17.7 Å². The number of ether oxygens (including phenoxy) is 4. The van der Waals surface area contributed by atoms with E-state index in [-0.39, 0.29) is 16.5 Å². The lowest BCUT2D eigenvalue weighted by atomic mass is 10.2. The van der Waals surface area contributed by atoms with E-state index in [9.17, 15) is 9.59 Å². The first kappa shape index (κ1) is 23.0. The van der Waals surface area contributed by atoms with Crippen LogP contribution in [0.25, 0.3) is 0 Å². The molecule has 0 fully saturated rings. The summed E-state index contributed by atoms with van der Waals surface area (Å²) in [5, 5.41) is 10.6. The first-order chi connectivity index (χ1) is 14.4. The van der Waals surface area contributed by atoms with Gasteiger partial charge in [-0.1, -0.05) is 11.6 Å². The standard InChI is InChI=1S/C20H22ClN3O6/c1-11(25)18(24-23-14-10-12(27-2)6-8-15(14)28-3)20(26)22-13-7-9-16(29-4)19(30-5)17(13)21/h6-10,18H,1-5H3,(H,22,26). The van der Waals surface area contributed by atoms with Gasteiger partial charge in [-0.15, -0.1) is 0 Å². The van der Waals surface area contributed by atoms with Crippen LogP contribution in [-0.4, -0.2) is 46.2 Å². The Morgan fingerprint density at radius 1 is 0.967 bits per heavy atom. The van der Waals surface area contributed by atoms with Gasteiger partial charge >= 0.3 is 0 Å². The van der Waals surface area contributed by atoms with Crippen molar-refractivity contribution in [2.24, 2.45) is 10.2 Å². The average molecular weight is 436 g/mol. The zero-order valence-corrected chi connectivity index (χ0v) is 17.9. The number of ketones is 1. The van der Waals surface area contributed by atoms with Crippen LogP contribution in [-0.2, 0) is 9.59 Å². The average Bonchev–Trinajstić information content (AvgIpc) is 2.74. The molecule has 0 radical (unpaired) electrons. The number of halogens is 1. The molecule has 1 N–H and O–H groups in total. The highest BCUT2D eigenvalue weighted by Crippen LogP contribution is 2.40. The minimum absolute atomic E-state index is 0.124. The smallest absolute Gasteiger partial charge is 0.258 e. The lowest BCUT2D eigenvalue weighted by Gasteiger charge is -2.15. The molecule has 1 atom stereocenters. The first-order valence-corrected chi connectivity index (χ1v) is 9.08. The third-order valence-corrected chi connectivity index (χ3v) is 4.42. The monoisotopic (exact) mass is 435 g/mol. The SMILES string of the molecule is COc1ccc(OC)c(N=NC(C(C)=O)C(=O)Nc2ccc(OC)c(OC)c2Cl)c1. The summed E-state index contributed by atoms with van der Waals surface area (Å²) in [6.07, 6.45) is 0. The second-order valence-electron chi connectivity index (χ2n) is 5.92. The van der Waals surface area contributed by atoms with Gasteiger partial charge in [-0.05, 0) is 31.2 Å². The number of nitrogens with zero attached hydrogens (tertiary/aromatic N) is 2. The molecule has 0 heterocycles. The Kier molecular flexibility index (Phi) is 7.99. The Morgan fingerprint density at radius 2 is 1.63 bits per heavy atom. The van der Waals surface area contributed by atoms with Gasteiger partial charge in [0.15, 0.2) is 17.3 Å². The Labute approximate surface area is 178 Å². The minimum Gasteiger partial charge on any atom is -0.497 e. The van der Waals surface area contributed by atoms with E-state index in [1.54, 1.807) is 24.3 Å². The van der Waals surface area contributed by atoms with E-state index in [0.717, 1.165) is 0 Å². The maximum absolute atomic E-state index is 12.7. The molecule has 0 aromatic heterocycles. The van der Waals surface area contributed by atoms with Crippen molar-refractivity contribution in [3.8, 4) is 23.0 Å². The third kappa shape index (κ3) is 5.18. The molecule has 2 rings (SSSR count). The first-order valence-electron chi connectivity index (χ1n) is 8.70. The highest BCUT2D eigenvalue weighted by atomic mass is 35.5. The second-order valence-corrected chi connectivity index (χ2v) is 6.30. The van der Waals surface area contributed by atoms with Crippen molar-refractivity contribution in [2.45, 2.75) is 13.0 Å². The summed E-state index contributed by atoms with van der Waals surface area (Å²) in [7, 11) is 5.85. The summed E-state index contributed by atoms with van der Waals surface area (Å²) in [6, 6.07) is 6.60. The number of benzene rings is 2. The number of hydrogen-bond donors (Lipinski definition) is 1. The van der Waals surface area contributed by atoms with Gasteiger partial charge in [0.1, 0.15) is 22.2 Å². The van der Waals surface area contributed by atoms with E-state index >= 15 is 0 Å². The van der Waals surface area contributed by atoms with Gasteiger partial charge in [0.2, 0.25) is 6.04 Å². The summed E-state index contributed by atoms with van der Waals surface area (Å²) in [5.74, 6) is 0.361. The number of carbonyl (C=O) groups excluding carboxylic acids is 2. The molecule has 0 aliphatic rings. The number of Topliss-reactive ketones (excluding diaryl/α,β-unsaturated/α-hetero) is 1. The van der Waals surface area contributed by atoms with Crippen molar-refractivity contribution in [1.29, 1.82) is 0 Å². The van der Waals surface area contributed by atoms with Crippen LogP contribution in [0.4, 0.5) is 11.4 Å². The summed E-state index contributed by atoms with van der Waals surface area (Å²) >= 11 is 6.28. The van der Waals surface area contributed by atoms with Crippen LogP contribution in [0.3, 0.4) is 0 Å². The number of amides is 1. The summed E-state index contributed by atoms with van der Waals surface area (Å²) in [5.41, 5.74) is 0.541. The molecule has 0 saturated heterocycles. The molecule has 0 bridgehead atoms. The molecule has 2 aromatic rings. The summed E-state index contributed by atoms with van der Waals surface area (Å²) in [4.78, 5) is 24.7. The molecule has 0 saturated carbocycles. The lowest BCUT2D eigenvalue weighted by Crippen LogP contribution is -2.32. The van der Waals surface area contributed by atoms with Gasteiger partial charge in [0.05, 0.1) is 34.1 Å². The van der Waals surface area contributed by atoms with Crippen LogP contribution in [0.5, 0.6) is 23.0 Å². The van der Waals surface area contributed by atoms with Gasteiger partial charge in [-0.3, -0.25) is 9.59 Å². The lowest BCUT2D eigenvalue weighted by molar-refractivity contribution is -0.126. The zero-order chi connectivity index (χ0) is 22.3. The van der Waals surface area contributed by atoms with Crippen molar-refractivity contribution in [3.63, 3.8) is 0 Å². The molecular weight excluding hydrogens is 414 g/mol. The van der Waals surface area contributed by atoms with Crippen LogP contribution in [0.2, 0.25) is 5.02 Å². The van der Waals surface area contributed by atoms with Crippen molar-refractivity contribution in [3.05, 3.63) is 35.4 Å². The number of anilines is 1. The number of rotatable bonds is 9. The van der Waals surface area contributed by atoms with E-state index in [0.29, 0.717) is 22.9 Å². The van der Waals surface area contributed by atoms with Gasteiger partial charge in [-0.2, -0.15) is 10.2 Å². The van der Waals surface area contributed by atoms with E-state index in [1.165, 1.54) is 41.4 Å². The van der Waals surface area contributed by atoms with Gasteiger partial charge < -0.3 is 24.3 Å². The molecule has 160 valence electrons. The Bertz CT molecular complexity index is 964. The molecule has 9 nitrogen and oxygen atoms in total. The molecule has 0 aliphatic carbocycles. The van der Waals surface area contributed by atoms with E-state index in [1.807, 2.05) is 0 Å². The maximum atomic E-state index is 12.7. The second kappa shape index (κ2) is 10.4. The zero-order valence-electron chi connectivity index (χ0n) is 17.2.